The van der Waals surface area contributed by atoms with Gasteiger partial charge in [0.25, 0.3) is 0 Å². The van der Waals surface area contributed by atoms with Gasteiger partial charge in [-0.2, -0.15) is 5.26 Å². The number of aromatic amines is 1. The fraction of sp³-hybridized carbons (Fsp3) is 0.353. The lowest BCUT2D eigenvalue weighted by molar-refractivity contribution is 0.372. The summed E-state index contributed by atoms with van der Waals surface area (Å²) in [5, 5.41) is 34.6. The van der Waals surface area contributed by atoms with Crippen LogP contribution in [-0.4, -0.2) is 28.3 Å². The van der Waals surface area contributed by atoms with Crippen molar-refractivity contribution in [1.29, 1.82) is 10.7 Å². The average molecular weight is 326 g/mol. The summed E-state index contributed by atoms with van der Waals surface area (Å²) < 4.78 is 10.6. The molecule has 0 radical (unpaired) electrons. The van der Waals surface area contributed by atoms with Crippen LogP contribution in [0.15, 0.2) is 18.2 Å². The molecule has 2 atom stereocenters. The second-order valence-corrected chi connectivity index (χ2v) is 5.99. The Kier molecular flexibility index (Phi) is 3.89. The third kappa shape index (κ3) is 2.36. The zero-order valence-corrected chi connectivity index (χ0v) is 13.6. The van der Waals surface area contributed by atoms with Crippen molar-refractivity contribution in [2.24, 2.45) is 5.92 Å². The first-order valence-electron chi connectivity index (χ1n) is 7.58. The first kappa shape index (κ1) is 15.9. The number of aromatic nitrogens is 2. The van der Waals surface area contributed by atoms with Gasteiger partial charge in [-0.1, -0.05) is 19.9 Å². The molecule has 0 saturated heterocycles. The molecular formula is C17H18N4O3. The van der Waals surface area contributed by atoms with Crippen LogP contribution < -0.4 is 9.47 Å². The number of H-pyrrole nitrogens is 1. The van der Waals surface area contributed by atoms with Crippen LogP contribution in [0.5, 0.6) is 17.4 Å². The van der Waals surface area contributed by atoms with Gasteiger partial charge in [-0.3, -0.25) is 10.5 Å². The number of benzene rings is 1. The van der Waals surface area contributed by atoms with Crippen molar-refractivity contribution in [1.82, 2.24) is 10.2 Å². The van der Waals surface area contributed by atoms with E-state index in [9.17, 15) is 10.4 Å². The zero-order chi connectivity index (χ0) is 17.4. The maximum absolute atomic E-state index is 9.83. The number of nitrogens with one attached hydrogen (secondary N) is 2. The molecule has 3 N–H and O–H groups in total. The topological polar surface area (TPSA) is 115 Å². The average Bonchev–Trinajstić information content (AvgIpc) is 2.97. The SMILES string of the molecule is COc1cc(C2c3c(n[nH]c3C(C)C)OC(=N)C2C#N)ccc1O. The molecule has 1 aliphatic rings. The molecule has 0 fully saturated rings. The number of phenols is 1. The fourth-order valence-electron chi connectivity index (χ4n) is 3.03. The molecule has 7 nitrogen and oxygen atoms in total. The van der Waals surface area contributed by atoms with Crippen molar-refractivity contribution in [2.75, 3.05) is 7.11 Å². The standard InChI is InChI=1S/C17H18N4O3/c1-8(2)15-14-13(9-4-5-11(22)12(6-9)23-3)10(7-18)16(19)24-17(14)21-20-15/h4-6,8,10,13,19,22H,1-3H3,(H,20,21). The summed E-state index contributed by atoms with van der Waals surface area (Å²) in [5.74, 6) is -0.514. The molecule has 0 saturated carbocycles. The van der Waals surface area contributed by atoms with Gasteiger partial charge >= 0.3 is 0 Å². The Morgan fingerprint density at radius 1 is 1.46 bits per heavy atom. The van der Waals surface area contributed by atoms with E-state index in [1.54, 1.807) is 12.1 Å². The minimum atomic E-state index is -0.776. The Balaban J connectivity index is 2.22. The van der Waals surface area contributed by atoms with Crippen molar-refractivity contribution >= 4 is 5.90 Å². The lowest BCUT2D eigenvalue weighted by Crippen LogP contribution is -2.31. The van der Waals surface area contributed by atoms with Gasteiger partial charge in [0, 0.05) is 17.2 Å². The normalized spacial score (nSPS) is 19.5. The van der Waals surface area contributed by atoms with Crippen LogP contribution in [0.2, 0.25) is 0 Å². The van der Waals surface area contributed by atoms with E-state index in [0.29, 0.717) is 11.6 Å². The molecule has 0 aliphatic carbocycles. The Morgan fingerprint density at radius 3 is 2.83 bits per heavy atom. The van der Waals surface area contributed by atoms with Gasteiger partial charge in [0.1, 0.15) is 5.92 Å². The summed E-state index contributed by atoms with van der Waals surface area (Å²) in [6.45, 7) is 4.03. The highest BCUT2D eigenvalue weighted by molar-refractivity contribution is 5.85. The van der Waals surface area contributed by atoms with E-state index in [2.05, 4.69) is 16.3 Å². The van der Waals surface area contributed by atoms with Crippen molar-refractivity contribution in [3.8, 4) is 23.4 Å². The van der Waals surface area contributed by atoms with Gasteiger partial charge in [-0.25, -0.2) is 0 Å². The number of aromatic hydroxyl groups is 1. The van der Waals surface area contributed by atoms with Gasteiger partial charge in [-0.15, -0.1) is 5.10 Å². The minimum absolute atomic E-state index is 0.0217. The Labute approximate surface area is 139 Å². The maximum atomic E-state index is 9.83. The molecule has 2 unspecified atom stereocenters. The van der Waals surface area contributed by atoms with E-state index in [1.807, 2.05) is 13.8 Å². The molecule has 2 aromatic rings. The molecule has 2 heterocycles. The van der Waals surface area contributed by atoms with Gasteiger partial charge < -0.3 is 14.6 Å². The van der Waals surface area contributed by atoms with Crippen LogP contribution in [0.25, 0.3) is 0 Å². The Morgan fingerprint density at radius 2 is 2.21 bits per heavy atom. The van der Waals surface area contributed by atoms with E-state index in [1.165, 1.54) is 13.2 Å². The van der Waals surface area contributed by atoms with Crippen LogP contribution in [0.4, 0.5) is 0 Å². The first-order chi connectivity index (χ1) is 11.5. The predicted molar refractivity (Wildman–Crippen MR) is 86.6 cm³/mol. The first-order valence-corrected chi connectivity index (χ1v) is 7.58. The number of nitrogens with zero attached hydrogens (tertiary/aromatic N) is 2. The molecule has 0 spiro atoms. The molecule has 1 aromatic heterocycles. The summed E-state index contributed by atoms with van der Waals surface area (Å²) in [6.07, 6.45) is 0. The Bertz CT molecular complexity index is 835. The Hall–Kier alpha value is -3.01. The van der Waals surface area contributed by atoms with Crippen LogP contribution in [0.1, 0.15) is 42.5 Å². The molecule has 3 rings (SSSR count). The number of hydrogen-bond donors (Lipinski definition) is 3. The third-order valence-electron chi connectivity index (χ3n) is 4.21. The van der Waals surface area contributed by atoms with E-state index < -0.39 is 11.8 Å². The highest BCUT2D eigenvalue weighted by Crippen LogP contribution is 2.45. The molecular weight excluding hydrogens is 308 g/mol. The maximum Gasteiger partial charge on any atom is 0.243 e. The molecule has 1 aliphatic heterocycles. The second-order valence-electron chi connectivity index (χ2n) is 5.99. The smallest absolute Gasteiger partial charge is 0.243 e. The number of fused-ring (bicyclic) bond motifs is 1. The van der Waals surface area contributed by atoms with E-state index in [4.69, 9.17) is 14.9 Å². The minimum Gasteiger partial charge on any atom is -0.504 e. The molecule has 0 amide bonds. The number of rotatable bonds is 3. The summed E-state index contributed by atoms with van der Waals surface area (Å²) in [7, 11) is 1.47. The summed E-state index contributed by atoms with van der Waals surface area (Å²) in [4.78, 5) is 0. The van der Waals surface area contributed by atoms with Crippen molar-refractivity contribution in [3.05, 3.63) is 35.0 Å². The van der Waals surface area contributed by atoms with Gasteiger partial charge in [0.2, 0.25) is 11.8 Å². The van der Waals surface area contributed by atoms with Crippen LogP contribution in [0, 0.1) is 22.7 Å². The van der Waals surface area contributed by atoms with E-state index in [0.717, 1.165) is 16.8 Å². The number of methoxy groups -OCH3 is 1. The van der Waals surface area contributed by atoms with Crippen molar-refractivity contribution in [3.63, 3.8) is 0 Å². The highest BCUT2D eigenvalue weighted by atomic mass is 16.5. The van der Waals surface area contributed by atoms with E-state index >= 15 is 0 Å². The molecule has 1 aromatic carbocycles. The molecule has 24 heavy (non-hydrogen) atoms. The number of phenolic OH excluding ortho intramolecular Hbond substituents is 1. The lowest BCUT2D eigenvalue weighted by Gasteiger charge is -2.28. The van der Waals surface area contributed by atoms with Gasteiger partial charge in [-0.05, 0) is 23.6 Å². The van der Waals surface area contributed by atoms with Crippen LogP contribution in [0.3, 0.4) is 0 Å². The summed E-state index contributed by atoms with van der Waals surface area (Å²) >= 11 is 0. The van der Waals surface area contributed by atoms with Crippen LogP contribution >= 0.6 is 0 Å². The largest absolute Gasteiger partial charge is 0.504 e. The summed E-state index contributed by atoms with van der Waals surface area (Å²) in [5.41, 5.74) is 2.41. The highest BCUT2D eigenvalue weighted by Gasteiger charge is 2.41. The molecule has 0 bridgehead atoms. The fourth-order valence-corrected chi connectivity index (χ4v) is 3.03. The summed E-state index contributed by atoms with van der Waals surface area (Å²) in [6, 6.07) is 7.09. The molecule has 124 valence electrons. The third-order valence-corrected chi connectivity index (χ3v) is 4.21. The number of ether oxygens (including phenoxy) is 2. The van der Waals surface area contributed by atoms with Gasteiger partial charge in [0.05, 0.1) is 13.2 Å². The van der Waals surface area contributed by atoms with Crippen molar-refractivity contribution < 1.29 is 14.6 Å². The van der Waals surface area contributed by atoms with E-state index in [-0.39, 0.29) is 17.6 Å². The monoisotopic (exact) mass is 326 g/mol. The quantitative estimate of drug-likeness (QED) is 0.802. The van der Waals surface area contributed by atoms with Gasteiger partial charge in [0.15, 0.2) is 11.5 Å². The predicted octanol–water partition coefficient (Wildman–Crippen LogP) is 2.89. The van der Waals surface area contributed by atoms with Crippen LogP contribution in [-0.2, 0) is 0 Å². The number of hydrogen-bond acceptors (Lipinski definition) is 6. The van der Waals surface area contributed by atoms with Crippen molar-refractivity contribution in [2.45, 2.75) is 25.7 Å². The second kappa shape index (κ2) is 5.89. The lowest BCUT2D eigenvalue weighted by atomic mass is 9.78. The number of nitriles is 1. The molecule has 7 heteroatoms. The zero-order valence-electron chi connectivity index (χ0n) is 13.6.